The fourth-order valence-corrected chi connectivity index (χ4v) is 7.05. The number of carbonyl (C=O) groups is 1. The maximum atomic E-state index is 13.4. The minimum atomic E-state index is -3.52. The molecule has 180 valence electrons. The van der Waals surface area contributed by atoms with E-state index in [-0.39, 0.29) is 11.8 Å². The number of nitrogens with zero attached hydrogens (tertiary/aromatic N) is 4. The van der Waals surface area contributed by atoms with Gasteiger partial charge in [0.15, 0.2) is 0 Å². The standard InChI is InChI=1S/C26H32N4O3S/c1-18-14-20(3)25(15-19(18)2)34(32,33)29-11-6-21(7-12-29)22-8-13-30-24(16-22)23(17-27-30)26(31)28-9-4-5-10-28/h8,13-17,21H,4-7,9-12H2,1-3H3. The topological polar surface area (TPSA) is 75.0 Å². The monoisotopic (exact) mass is 480 g/mol. The van der Waals surface area contributed by atoms with Crippen molar-refractivity contribution >= 4 is 21.4 Å². The first-order valence-corrected chi connectivity index (χ1v) is 13.5. The number of aryl methyl sites for hydroxylation is 3. The molecule has 8 heteroatoms. The van der Waals surface area contributed by atoms with Crippen molar-refractivity contribution in [3.63, 3.8) is 0 Å². The molecule has 2 aliphatic rings. The van der Waals surface area contributed by atoms with Gasteiger partial charge in [0.1, 0.15) is 0 Å². The quantitative estimate of drug-likeness (QED) is 0.564. The van der Waals surface area contributed by atoms with Gasteiger partial charge < -0.3 is 4.90 Å². The Morgan fingerprint density at radius 2 is 1.62 bits per heavy atom. The molecule has 2 saturated heterocycles. The summed E-state index contributed by atoms with van der Waals surface area (Å²) in [5.41, 5.74) is 5.51. The average molecular weight is 481 g/mol. The first-order chi connectivity index (χ1) is 16.3. The van der Waals surface area contributed by atoms with Crippen molar-refractivity contribution in [3.05, 3.63) is 64.5 Å². The zero-order valence-electron chi connectivity index (χ0n) is 20.1. The summed E-state index contributed by atoms with van der Waals surface area (Å²) in [6, 6.07) is 7.88. The Kier molecular flexibility index (Phi) is 5.98. The van der Waals surface area contributed by atoms with Crippen molar-refractivity contribution in [2.24, 2.45) is 0 Å². The Morgan fingerprint density at radius 1 is 0.941 bits per heavy atom. The molecule has 2 fully saturated rings. The smallest absolute Gasteiger partial charge is 0.257 e. The molecule has 1 aromatic carbocycles. The predicted molar refractivity (Wildman–Crippen MR) is 132 cm³/mol. The molecule has 4 heterocycles. The van der Waals surface area contributed by atoms with Gasteiger partial charge in [-0.15, -0.1) is 0 Å². The van der Waals surface area contributed by atoms with Crippen LogP contribution in [0.2, 0.25) is 0 Å². The van der Waals surface area contributed by atoms with Crippen LogP contribution in [0.15, 0.2) is 41.6 Å². The third-order valence-electron chi connectivity index (χ3n) is 7.50. The maximum Gasteiger partial charge on any atom is 0.257 e. The Bertz CT molecular complexity index is 1350. The normalized spacial score (nSPS) is 18.1. The zero-order valence-corrected chi connectivity index (χ0v) is 20.9. The molecule has 3 aromatic rings. The fourth-order valence-electron chi connectivity index (χ4n) is 5.29. The third-order valence-corrected chi connectivity index (χ3v) is 9.54. The van der Waals surface area contributed by atoms with Crippen LogP contribution in [0.25, 0.3) is 5.52 Å². The number of likely N-dealkylation sites (tertiary alicyclic amines) is 1. The Labute approximate surface area is 201 Å². The molecule has 1 amide bonds. The van der Waals surface area contributed by atoms with Crippen molar-refractivity contribution in [2.75, 3.05) is 26.2 Å². The molecule has 0 unspecified atom stereocenters. The van der Waals surface area contributed by atoms with E-state index in [9.17, 15) is 13.2 Å². The number of sulfonamides is 1. The summed E-state index contributed by atoms with van der Waals surface area (Å²) in [6.45, 7) is 8.42. The Balaban J connectivity index is 1.34. The van der Waals surface area contributed by atoms with Gasteiger partial charge >= 0.3 is 0 Å². The van der Waals surface area contributed by atoms with Gasteiger partial charge in [0, 0.05) is 32.4 Å². The highest BCUT2D eigenvalue weighted by Gasteiger charge is 2.31. The van der Waals surface area contributed by atoms with Crippen LogP contribution in [-0.4, -0.2) is 59.3 Å². The summed E-state index contributed by atoms with van der Waals surface area (Å²) >= 11 is 0. The van der Waals surface area contributed by atoms with Crippen LogP contribution in [0.4, 0.5) is 0 Å². The molecule has 0 bridgehead atoms. The van der Waals surface area contributed by atoms with Crippen molar-refractivity contribution in [3.8, 4) is 0 Å². The molecule has 0 N–H and O–H groups in total. The van der Waals surface area contributed by atoms with Crippen molar-refractivity contribution < 1.29 is 13.2 Å². The van der Waals surface area contributed by atoms with Crippen molar-refractivity contribution in [1.82, 2.24) is 18.8 Å². The van der Waals surface area contributed by atoms with Crippen LogP contribution in [0.5, 0.6) is 0 Å². The van der Waals surface area contributed by atoms with Gasteiger partial charge in [-0.2, -0.15) is 9.40 Å². The molecular weight excluding hydrogens is 448 g/mol. The molecule has 2 aromatic heterocycles. The number of benzene rings is 1. The molecule has 0 saturated carbocycles. The van der Waals surface area contributed by atoms with Gasteiger partial charge in [0.25, 0.3) is 5.91 Å². The number of pyridine rings is 1. The lowest BCUT2D eigenvalue weighted by Crippen LogP contribution is -2.38. The van der Waals surface area contributed by atoms with E-state index in [0.29, 0.717) is 23.5 Å². The Hall–Kier alpha value is -2.71. The van der Waals surface area contributed by atoms with Gasteiger partial charge in [-0.25, -0.2) is 12.9 Å². The van der Waals surface area contributed by atoms with Crippen molar-refractivity contribution in [1.29, 1.82) is 0 Å². The van der Waals surface area contributed by atoms with E-state index in [1.807, 2.05) is 44.0 Å². The number of hydrogen-bond acceptors (Lipinski definition) is 4. The number of piperidine rings is 1. The first-order valence-electron chi connectivity index (χ1n) is 12.1. The number of rotatable bonds is 4. The molecule has 2 aliphatic heterocycles. The van der Waals surface area contributed by atoms with Crippen molar-refractivity contribution in [2.45, 2.75) is 57.3 Å². The lowest BCUT2D eigenvalue weighted by Gasteiger charge is -2.32. The first kappa shape index (κ1) is 23.1. The number of aromatic nitrogens is 2. The number of fused-ring (bicyclic) bond motifs is 1. The van der Waals surface area contributed by atoms with Gasteiger partial charge in [0.05, 0.1) is 22.2 Å². The van der Waals surface area contributed by atoms with Crippen LogP contribution in [0.3, 0.4) is 0 Å². The predicted octanol–water partition coefficient (Wildman–Crippen LogP) is 4.06. The second-order valence-electron chi connectivity index (χ2n) is 9.73. The van der Waals surface area contributed by atoms with Gasteiger partial charge in [-0.05, 0) is 92.8 Å². The Morgan fingerprint density at radius 3 is 2.32 bits per heavy atom. The molecule has 0 radical (unpaired) electrons. The summed E-state index contributed by atoms with van der Waals surface area (Å²) in [6.07, 6.45) is 7.19. The second kappa shape index (κ2) is 8.82. The fraction of sp³-hybridized carbons (Fsp3) is 0.462. The summed E-state index contributed by atoms with van der Waals surface area (Å²) < 4.78 is 30.1. The summed E-state index contributed by atoms with van der Waals surface area (Å²) in [5, 5.41) is 4.38. The molecule has 0 atom stereocenters. The van der Waals surface area contributed by atoms with Crippen LogP contribution in [-0.2, 0) is 10.0 Å². The molecule has 0 aliphatic carbocycles. The number of carbonyl (C=O) groups excluding carboxylic acids is 1. The van der Waals surface area contributed by atoms with E-state index < -0.39 is 10.0 Å². The van der Waals surface area contributed by atoms with E-state index in [0.717, 1.165) is 66.5 Å². The second-order valence-corrected chi connectivity index (χ2v) is 11.6. The molecular formula is C26H32N4O3S. The highest BCUT2D eigenvalue weighted by Crippen LogP contribution is 2.33. The summed E-state index contributed by atoms with van der Waals surface area (Å²) in [7, 11) is -3.52. The molecule has 7 nitrogen and oxygen atoms in total. The van der Waals surface area contributed by atoms with Gasteiger partial charge in [0.2, 0.25) is 10.0 Å². The van der Waals surface area contributed by atoms with E-state index in [1.54, 1.807) is 21.1 Å². The lowest BCUT2D eigenvalue weighted by atomic mass is 9.90. The van der Waals surface area contributed by atoms with E-state index in [1.165, 1.54) is 0 Å². The van der Waals surface area contributed by atoms with E-state index in [4.69, 9.17) is 0 Å². The highest BCUT2D eigenvalue weighted by molar-refractivity contribution is 7.89. The summed E-state index contributed by atoms with van der Waals surface area (Å²) in [5.74, 6) is 0.302. The van der Waals surface area contributed by atoms with Crippen LogP contribution < -0.4 is 0 Å². The van der Waals surface area contributed by atoms with Gasteiger partial charge in [-0.1, -0.05) is 6.07 Å². The maximum absolute atomic E-state index is 13.4. The van der Waals surface area contributed by atoms with Crippen LogP contribution in [0, 0.1) is 20.8 Å². The van der Waals surface area contributed by atoms with Crippen LogP contribution in [0.1, 0.15) is 64.2 Å². The van der Waals surface area contributed by atoms with Gasteiger partial charge in [-0.3, -0.25) is 4.79 Å². The molecule has 5 rings (SSSR count). The minimum Gasteiger partial charge on any atom is -0.339 e. The van der Waals surface area contributed by atoms with E-state index >= 15 is 0 Å². The zero-order chi connectivity index (χ0) is 24.0. The SMILES string of the molecule is Cc1cc(C)c(S(=O)(=O)N2CCC(c3ccn4ncc(C(=O)N5CCCC5)c4c3)CC2)cc1C. The van der Waals surface area contributed by atoms with E-state index in [2.05, 4.69) is 11.2 Å². The molecule has 34 heavy (non-hydrogen) atoms. The largest absolute Gasteiger partial charge is 0.339 e. The highest BCUT2D eigenvalue weighted by atomic mass is 32.2. The molecule has 0 spiro atoms. The lowest BCUT2D eigenvalue weighted by molar-refractivity contribution is 0.0794. The minimum absolute atomic E-state index is 0.0503. The average Bonchev–Trinajstić information content (AvgIpc) is 3.51. The van der Waals surface area contributed by atoms with Crippen LogP contribution >= 0.6 is 0 Å². The number of hydrogen-bond donors (Lipinski definition) is 0. The summed E-state index contributed by atoms with van der Waals surface area (Å²) in [4.78, 5) is 15.3. The number of amides is 1. The third kappa shape index (κ3) is 4.03.